The third kappa shape index (κ3) is 2.96. The van der Waals surface area contributed by atoms with Gasteiger partial charge in [-0.05, 0) is 33.8 Å². The average molecular weight is 295 g/mol. The first-order valence-electron chi connectivity index (χ1n) is 6.26. The fraction of sp³-hybridized carbons (Fsp3) is 0.462. The molecule has 0 aromatic carbocycles. The summed E-state index contributed by atoms with van der Waals surface area (Å²) in [5, 5.41) is 20.4. The second-order valence-electron chi connectivity index (χ2n) is 5.62. The molecule has 0 radical (unpaired) electrons. The maximum atomic E-state index is 10.3. The Hall–Kier alpha value is -1.15. The van der Waals surface area contributed by atoms with Crippen LogP contribution < -0.4 is 4.78 Å². The predicted molar refractivity (Wildman–Crippen MR) is 78.9 cm³/mol. The van der Waals surface area contributed by atoms with E-state index in [1.807, 2.05) is 0 Å². The molecule has 0 aliphatic carbocycles. The number of nitrogens with zero attached hydrogens (tertiary/aromatic N) is 1. The molecule has 0 atom stereocenters. The molecule has 2 N–H and O–H groups in total. The van der Waals surface area contributed by atoms with E-state index in [2.05, 4.69) is 4.98 Å². The summed E-state index contributed by atoms with van der Waals surface area (Å²) in [6, 6.07) is 1.77. The van der Waals surface area contributed by atoms with Gasteiger partial charge in [0.25, 0.3) is 0 Å². The largest absolute Gasteiger partial charge is 0.504 e. The molecule has 0 amide bonds. The third-order valence-electron chi connectivity index (χ3n) is 3.49. The zero-order valence-electron chi connectivity index (χ0n) is 12.0. The summed E-state index contributed by atoms with van der Waals surface area (Å²) >= 11 is 1.30. The van der Waals surface area contributed by atoms with E-state index in [0.717, 1.165) is 5.56 Å². The second-order valence-corrected chi connectivity index (χ2v) is 6.50. The van der Waals surface area contributed by atoms with Crippen LogP contribution >= 0.6 is 11.3 Å². The molecule has 5 nitrogen and oxygen atoms in total. The lowest BCUT2D eigenvalue weighted by molar-refractivity contribution is -0.0981. The maximum absolute atomic E-state index is 10.3. The minimum absolute atomic E-state index is 0.587. The first-order valence-corrected chi connectivity index (χ1v) is 7.14. The van der Waals surface area contributed by atoms with E-state index in [1.165, 1.54) is 11.3 Å². The lowest BCUT2D eigenvalue weighted by Gasteiger charge is -2.38. The van der Waals surface area contributed by atoms with Crippen LogP contribution in [-0.4, -0.2) is 33.4 Å². The third-order valence-corrected chi connectivity index (χ3v) is 4.35. The summed E-state index contributed by atoms with van der Waals surface area (Å²) < 4.78 is 11.2. The van der Waals surface area contributed by atoms with Crippen molar-refractivity contribution in [3.63, 3.8) is 0 Å². The highest BCUT2D eigenvalue weighted by Gasteiger charge is 2.40. The molecule has 108 valence electrons. The van der Waals surface area contributed by atoms with Crippen LogP contribution in [-0.2, 0) is 4.65 Å². The molecule has 0 spiro atoms. The van der Waals surface area contributed by atoms with Crippen LogP contribution in [0.15, 0.2) is 28.5 Å². The van der Waals surface area contributed by atoms with Crippen molar-refractivity contribution in [3.8, 4) is 11.3 Å². The van der Waals surface area contributed by atoms with Crippen molar-refractivity contribution >= 4 is 23.2 Å². The summed E-state index contributed by atoms with van der Waals surface area (Å²) in [7, 11) is -1.16. The van der Waals surface area contributed by atoms with Crippen LogP contribution in [0.4, 0.5) is 0 Å². The highest BCUT2D eigenvalue weighted by atomic mass is 32.1. The Morgan fingerprint density at radius 3 is 2.60 bits per heavy atom. The molecule has 0 fully saturated rings. The monoisotopic (exact) mass is 295 g/mol. The molecular formula is C13H18BNO4S. The first kappa shape index (κ1) is 15.2. The molecule has 0 unspecified atom stereocenters. The molecule has 0 saturated heterocycles. The van der Waals surface area contributed by atoms with Crippen LogP contribution in [0, 0.1) is 0 Å². The number of hydrogen-bond donors (Lipinski definition) is 2. The maximum Gasteiger partial charge on any atom is 0.504 e. The van der Waals surface area contributed by atoms with E-state index < -0.39 is 18.3 Å². The molecule has 20 heavy (non-hydrogen) atoms. The zero-order valence-corrected chi connectivity index (χ0v) is 12.8. The number of aromatic nitrogens is 1. The molecule has 0 aliphatic rings. The van der Waals surface area contributed by atoms with Gasteiger partial charge in [-0.1, -0.05) is 0 Å². The summed E-state index contributed by atoms with van der Waals surface area (Å²) in [5.41, 5.74) is 1.05. The van der Waals surface area contributed by atoms with Gasteiger partial charge in [-0.3, -0.25) is 0 Å². The Balaban J connectivity index is 2.23. The van der Waals surface area contributed by atoms with E-state index in [-0.39, 0.29) is 0 Å². The number of rotatable bonds is 5. The molecule has 0 bridgehead atoms. The lowest BCUT2D eigenvalue weighted by atomic mass is 9.80. The van der Waals surface area contributed by atoms with Crippen molar-refractivity contribution in [2.45, 2.75) is 38.9 Å². The zero-order chi connectivity index (χ0) is 15.0. The van der Waals surface area contributed by atoms with Crippen molar-refractivity contribution in [3.05, 3.63) is 24.1 Å². The minimum Gasteiger partial charge on any atom is -0.472 e. The van der Waals surface area contributed by atoms with E-state index in [4.69, 9.17) is 9.07 Å². The smallest absolute Gasteiger partial charge is 0.472 e. The summed E-state index contributed by atoms with van der Waals surface area (Å²) in [4.78, 5) is 4.23. The quantitative estimate of drug-likeness (QED) is 0.820. The van der Waals surface area contributed by atoms with Crippen LogP contribution in [0.1, 0.15) is 27.7 Å². The Morgan fingerprint density at radius 1 is 1.35 bits per heavy atom. The van der Waals surface area contributed by atoms with Gasteiger partial charge in [-0.25, -0.2) is 4.98 Å². The first-order chi connectivity index (χ1) is 9.22. The molecule has 0 aliphatic heterocycles. The Labute approximate surface area is 122 Å². The molecule has 0 saturated carbocycles. The van der Waals surface area contributed by atoms with Gasteiger partial charge in [0.2, 0.25) is 0 Å². The van der Waals surface area contributed by atoms with Gasteiger partial charge in [0.1, 0.15) is 0 Å². The second kappa shape index (κ2) is 5.33. The molecule has 2 aromatic rings. The van der Waals surface area contributed by atoms with E-state index in [1.54, 1.807) is 51.8 Å². The van der Waals surface area contributed by atoms with Crippen molar-refractivity contribution < 1.29 is 19.2 Å². The topological polar surface area (TPSA) is 75.7 Å². The van der Waals surface area contributed by atoms with Crippen LogP contribution in [0.25, 0.3) is 11.3 Å². The Bertz CT molecular complexity index is 559. The van der Waals surface area contributed by atoms with E-state index in [9.17, 15) is 10.1 Å². The number of aliphatic hydroxyl groups is 1. The predicted octanol–water partition coefficient (Wildman–Crippen LogP) is 1.66. The number of hydrogen-bond acceptors (Lipinski definition) is 6. The molecular weight excluding hydrogens is 277 g/mol. The summed E-state index contributed by atoms with van der Waals surface area (Å²) in [6.45, 7) is 6.75. The van der Waals surface area contributed by atoms with Gasteiger partial charge in [0, 0.05) is 5.56 Å². The normalized spacial score (nSPS) is 12.7. The van der Waals surface area contributed by atoms with Crippen LogP contribution in [0.2, 0.25) is 0 Å². The molecule has 7 heteroatoms. The fourth-order valence-corrected chi connectivity index (χ4v) is 2.24. The van der Waals surface area contributed by atoms with Gasteiger partial charge >= 0.3 is 7.12 Å². The van der Waals surface area contributed by atoms with Crippen molar-refractivity contribution in [1.29, 1.82) is 0 Å². The van der Waals surface area contributed by atoms with E-state index in [0.29, 0.717) is 10.5 Å². The van der Waals surface area contributed by atoms with Gasteiger partial charge in [0.15, 0.2) is 0 Å². The van der Waals surface area contributed by atoms with Gasteiger partial charge in [-0.15, -0.1) is 11.3 Å². The average Bonchev–Trinajstić information content (AvgIpc) is 2.97. The molecule has 2 heterocycles. The van der Waals surface area contributed by atoms with Crippen molar-refractivity contribution in [2.75, 3.05) is 0 Å². The lowest BCUT2D eigenvalue weighted by Crippen LogP contribution is -2.52. The van der Waals surface area contributed by atoms with Gasteiger partial charge in [-0.2, -0.15) is 0 Å². The SMILES string of the molecule is CC(C)(O)C(C)(C)OB(O)c1scnc1-c1ccoc1. The standard InChI is InChI=1S/C13H18BNO4S/c1-12(2,16)13(3,4)19-14(17)11-10(15-8-20-11)9-5-6-18-7-9/h5-8,16-17H,1-4H3. The summed E-state index contributed by atoms with van der Waals surface area (Å²) in [5.74, 6) is 0. The van der Waals surface area contributed by atoms with Crippen molar-refractivity contribution in [2.24, 2.45) is 0 Å². The minimum atomic E-state index is -1.16. The summed E-state index contributed by atoms with van der Waals surface area (Å²) in [6.07, 6.45) is 3.11. The highest BCUT2D eigenvalue weighted by molar-refractivity contribution is 7.21. The van der Waals surface area contributed by atoms with Crippen molar-refractivity contribution in [1.82, 2.24) is 4.98 Å². The highest BCUT2D eigenvalue weighted by Crippen LogP contribution is 2.26. The van der Waals surface area contributed by atoms with E-state index >= 15 is 0 Å². The number of thiazole rings is 1. The fourth-order valence-electron chi connectivity index (χ4n) is 1.52. The molecule has 2 aromatic heterocycles. The van der Waals surface area contributed by atoms with Gasteiger partial charge < -0.3 is 19.2 Å². The van der Waals surface area contributed by atoms with Crippen LogP contribution in [0.5, 0.6) is 0 Å². The molecule has 2 rings (SSSR count). The Kier molecular flexibility index (Phi) is 4.06. The number of furan rings is 1. The Morgan fingerprint density at radius 2 is 2.05 bits per heavy atom. The van der Waals surface area contributed by atoms with Crippen LogP contribution in [0.3, 0.4) is 0 Å². The van der Waals surface area contributed by atoms with Gasteiger partial charge in [0.05, 0.1) is 39.7 Å².